The quantitative estimate of drug-likeness (QED) is 0.577. The summed E-state index contributed by atoms with van der Waals surface area (Å²) in [6.07, 6.45) is 3.98. The Balaban J connectivity index is 3.26. The normalized spacial score (nSPS) is 10.8. The van der Waals surface area contributed by atoms with E-state index in [1.54, 1.807) is 0 Å². The number of aromatic nitrogens is 2. The van der Waals surface area contributed by atoms with Crippen molar-refractivity contribution in [2.24, 2.45) is 0 Å². The van der Waals surface area contributed by atoms with Gasteiger partial charge in [0.25, 0.3) is 0 Å². The van der Waals surface area contributed by atoms with E-state index in [1.165, 1.54) is 6.20 Å². The molecule has 1 heterocycles. The average molecular weight is 160 g/mol. The predicted molar refractivity (Wildman–Crippen MR) is 44.3 cm³/mol. The highest BCUT2D eigenvalue weighted by Gasteiger charge is 2.19. The van der Waals surface area contributed by atoms with Crippen LogP contribution in [0.4, 0.5) is 0 Å². The molecule has 0 saturated heterocycles. The molecule has 0 bridgehead atoms. The highest BCUT2D eigenvalue weighted by Crippen LogP contribution is 2.21. The van der Waals surface area contributed by atoms with Gasteiger partial charge >= 0.3 is 0 Å². The summed E-state index contributed by atoms with van der Waals surface area (Å²) in [6.45, 7) is 6.01. The zero-order valence-corrected chi connectivity index (χ0v) is 7.42. The molecule has 0 saturated carbocycles. The third kappa shape index (κ3) is 1.59. The fourth-order valence-corrected chi connectivity index (χ4v) is 0.947. The fraction of sp³-hybridized carbons (Fsp3) is 0.444. The molecule has 0 fully saturated rings. The molecule has 1 aromatic heterocycles. The minimum atomic E-state index is -0.121. The molecule has 0 aromatic carbocycles. The number of nitrogens with zero attached hydrogens (tertiary/aromatic N) is 3. The molecule has 0 aliphatic rings. The van der Waals surface area contributed by atoms with Gasteiger partial charge in [-0.1, -0.05) is 20.8 Å². The molecule has 0 unspecified atom stereocenters. The van der Waals surface area contributed by atoms with Gasteiger partial charge < -0.3 is 0 Å². The highest BCUT2D eigenvalue weighted by molar-refractivity contribution is 5.33. The van der Waals surface area contributed by atoms with Crippen molar-refractivity contribution in [1.82, 2.24) is 9.97 Å². The van der Waals surface area contributed by atoms with Gasteiger partial charge in [-0.2, -0.15) is 5.26 Å². The topological polar surface area (TPSA) is 49.6 Å². The van der Waals surface area contributed by atoms with Crippen LogP contribution in [0.2, 0.25) is 0 Å². The van der Waals surface area contributed by atoms with Crippen molar-refractivity contribution in [2.75, 3.05) is 0 Å². The molecule has 0 atom stereocenters. The SMILES string of the molecule is CC(C)(C)c1n[c]ncc1C#N. The first kappa shape index (κ1) is 8.66. The van der Waals surface area contributed by atoms with Crippen molar-refractivity contribution in [2.45, 2.75) is 26.2 Å². The third-order valence-electron chi connectivity index (χ3n) is 1.50. The summed E-state index contributed by atoms with van der Waals surface area (Å²) in [4.78, 5) is 7.63. The summed E-state index contributed by atoms with van der Waals surface area (Å²) in [5, 5.41) is 8.74. The lowest BCUT2D eigenvalue weighted by molar-refractivity contribution is 0.564. The van der Waals surface area contributed by atoms with Crippen molar-refractivity contribution in [3.8, 4) is 6.07 Å². The number of hydrogen-bond donors (Lipinski definition) is 0. The van der Waals surface area contributed by atoms with E-state index < -0.39 is 0 Å². The maximum absolute atomic E-state index is 8.74. The Labute approximate surface area is 72.1 Å². The molecule has 0 N–H and O–H groups in total. The molecule has 1 radical (unpaired) electrons. The first-order valence-electron chi connectivity index (χ1n) is 3.69. The van der Waals surface area contributed by atoms with Gasteiger partial charge in [0.1, 0.15) is 6.07 Å². The van der Waals surface area contributed by atoms with Crippen molar-refractivity contribution < 1.29 is 0 Å². The van der Waals surface area contributed by atoms with Gasteiger partial charge in [0, 0.05) is 11.6 Å². The Morgan fingerprint density at radius 3 is 2.58 bits per heavy atom. The summed E-state index contributed by atoms with van der Waals surface area (Å²) < 4.78 is 0. The zero-order chi connectivity index (χ0) is 9.19. The molecule has 1 rings (SSSR count). The molecule has 0 aliphatic carbocycles. The Morgan fingerprint density at radius 2 is 2.17 bits per heavy atom. The summed E-state index contributed by atoms with van der Waals surface area (Å²) in [5.74, 6) is 0. The second-order valence-corrected chi connectivity index (χ2v) is 3.59. The van der Waals surface area contributed by atoms with Crippen LogP contribution in [0, 0.1) is 17.7 Å². The molecule has 3 nitrogen and oxygen atoms in total. The molecule has 0 amide bonds. The maximum atomic E-state index is 8.74. The lowest BCUT2D eigenvalue weighted by Crippen LogP contribution is -2.15. The molecule has 3 heteroatoms. The van der Waals surface area contributed by atoms with Crippen LogP contribution in [0.5, 0.6) is 0 Å². The van der Waals surface area contributed by atoms with Gasteiger partial charge in [-0.3, -0.25) is 0 Å². The van der Waals surface area contributed by atoms with Gasteiger partial charge in [0.15, 0.2) is 6.33 Å². The summed E-state index contributed by atoms with van der Waals surface area (Å²) >= 11 is 0. The monoisotopic (exact) mass is 160 g/mol. The van der Waals surface area contributed by atoms with Crippen LogP contribution in [0.1, 0.15) is 32.0 Å². The summed E-state index contributed by atoms with van der Waals surface area (Å²) in [5.41, 5.74) is 1.16. The van der Waals surface area contributed by atoms with E-state index in [0.29, 0.717) is 5.56 Å². The van der Waals surface area contributed by atoms with E-state index >= 15 is 0 Å². The minimum Gasteiger partial charge on any atom is -0.232 e. The largest absolute Gasteiger partial charge is 0.232 e. The fourth-order valence-electron chi connectivity index (χ4n) is 0.947. The van der Waals surface area contributed by atoms with Crippen LogP contribution in [0.3, 0.4) is 0 Å². The van der Waals surface area contributed by atoms with Gasteiger partial charge in [-0.25, -0.2) is 9.97 Å². The summed E-state index contributed by atoms with van der Waals surface area (Å²) in [7, 11) is 0. The van der Waals surface area contributed by atoms with E-state index in [-0.39, 0.29) is 5.41 Å². The molecular formula is C9H10N3. The summed E-state index contributed by atoms with van der Waals surface area (Å²) in [6, 6.07) is 2.06. The van der Waals surface area contributed by atoms with E-state index in [1.807, 2.05) is 20.8 Å². The van der Waals surface area contributed by atoms with Crippen LogP contribution in [0.15, 0.2) is 6.20 Å². The van der Waals surface area contributed by atoms with Gasteiger partial charge in [-0.15, -0.1) is 0 Å². The third-order valence-corrected chi connectivity index (χ3v) is 1.50. The van der Waals surface area contributed by atoms with Crippen molar-refractivity contribution in [1.29, 1.82) is 5.26 Å². The van der Waals surface area contributed by atoms with Crippen LogP contribution in [-0.4, -0.2) is 9.97 Å². The van der Waals surface area contributed by atoms with Crippen LogP contribution < -0.4 is 0 Å². The minimum absolute atomic E-state index is 0.121. The van der Waals surface area contributed by atoms with E-state index in [4.69, 9.17) is 5.26 Å². The average Bonchev–Trinajstić information content (AvgIpc) is 2.03. The van der Waals surface area contributed by atoms with Crippen LogP contribution >= 0.6 is 0 Å². The smallest absolute Gasteiger partial charge is 0.198 e. The molecule has 0 aliphatic heterocycles. The molecular weight excluding hydrogens is 150 g/mol. The van der Waals surface area contributed by atoms with E-state index in [0.717, 1.165) is 5.69 Å². The standard InChI is InChI=1S/C9H10N3/c1-9(2,3)8-7(4-10)5-11-6-12-8/h5H,1-3H3. The lowest BCUT2D eigenvalue weighted by atomic mass is 9.89. The van der Waals surface area contributed by atoms with Crippen molar-refractivity contribution >= 4 is 0 Å². The molecule has 12 heavy (non-hydrogen) atoms. The first-order valence-corrected chi connectivity index (χ1v) is 3.69. The zero-order valence-electron chi connectivity index (χ0n) is 7.42. The molecule has 1 aromatic rings. The highest BCUT2D eigenvalue weighted by atomic mass is 14.8. The van der Waals surface area contributed by atoms with Crippen LogP contribution in [0.25, 0.3) is 0 Å². The Kier molecular flexibility index (Phi) is 2.09. The van der Waals surface area contributed by atoms with Gasteiger partial charge in [0.2, 0.25) is 0 Å². The first-order chi connectivity index (χ1) is 5.55. The Bertz CT molecular complexity index is 317. The second kappa shape index (κ2) is 2.90. The van der Waals surface area contributed by atoms with E-state index in [2.05, 4.69) is 22.4 Å². The van der Waals surface area contributed by atoms with Gasteiger partial charge in [0.05, 0.1) is 11.3 Å². The molecule has 0 spiro atoms. The number of hydrogen-bond acceptors (Lipinski definition) is 3. The van der Waals surface area contributed by atoms with Crippen LogP contribution in [-0.2, 0) is 5.41 Å². The van der Waals surface area contributed by atoms with E-state index in [9.17, 15) is 0 Å². The lowest BCUT2D eigenvalue weighted by Gasteiger charge is -2.17. The predicted octanol–water partition coefficient (Wildman–Crippen LogP) is 1.45. The molecule has 61 valence electrons. The number of rotatable bonds is 0. The Hall–Kier alpha value is -1.43. The van der Waals surface area contributed by atoms with Gasteiger partial charge in [-0.05, 0) is 0 Å². The van der Waals surface area contributed by atoms with Crippen molar-refractivity contribution in [3.05, 3.63) is 23.8 Å². The Morgan fingerprint density at radius 1 is 1.50 bits per heavy atom. The number of nitriles is 1. The maximum Gasteiger partial charge on any atom is 0.198 e. The van der Waals surface area contributed by atoms with Crippen molar-refractivity contribution in [3.63, 3.8) is 0 Å². The second-order valence-electron chi connectivity index (χ2n) is 3.59.